The molecule has 0 N–H and O–H groups in total. The number of hydrogen-bond donors (Lipinski definition) is 0. The van der Waals surface area contributed by atoms with Gasteiger partial charge in [0.1, 0.15) is 0 Å². The van der Waals surface area contributed by atoms with Crippen LogP contribution in [0, 0.1) is 20.8 Å². The molecule has 3 aromatic rings. The monoisotopic (exact) mass is 450 g/mol. The highest BCUT2D eigenvalue weighted by Gasteiger charge is 2.20. The highest BCUT2D eigenvalue weighted by molar-refractivity contribution is 7.92. The Labute approximate surface area is 191 Å². The first-order valence-corrected chi connectivity index (χ1v) is 12.3. The van der Waals surface area contributed by atoms with Crippen LogP contribution in [0.4, 0.5) is 5.69 Å². The van der Waals surface area contributed by atoms with Gasteiger partial charge in [-0.25, -0.2) is 8.42 Å². The van der Waals surface area contributed by atoms with Gasteiger partial charge in [-0.15, -0.1) is 0 Å². The van der Waals surface area contributed by atoms with Crippen molar-refractivity contribution in [2.45, 2.75) is 33.9 Å². The fraction of sp³-hybridized carbons (Fsp3) is 0.269. The molecule has 5 nitrogen and oxygen atoms in total. The normalized spacial score (nSPS) is 11.3. The minimum Gasteiger partial charge on any atom is -0.337 e. The molecule has 0 aromatic heterocycles. The van der Waals surface area contributed by atoms with Gasteiger partial charge in [0.25, 0.3) is 5.91 Å². The van der Waals surface area contributed by atoms with Crippen molar-refractivity contribution in [1.29, 1.82) is 0 Å². The summed E-state index contributed by atoms with van der Waals surface area (Å²) in [5.74, 6) is -0.0772. The number of amides is 1. The average Bonchev–Trinajstić information content (AvgIpc) is 2.74. The summed E-state index contributed by atoms with van der Waals surface area (Å²) in [4.78, 5) is 14.5. The van der Waals surface area contributed by atoms with Crippen LogP contribution < -0.4 is 4.31 Å². The smallest absolute Gasteiger partial charge is 0.253 e. The van der Waals surface area contributed by atoms with E-state index in [-0.39, 0.29) is 12.5 Å². The number of rotatable bonds is 7. The van der Waals surface area contributed by atoms with Crippen LogP contribution >= 0.6 is 0 Å². The fourth-order valence-corrected chi connectivity index (χ4v) is 4.48. The lowest BCUT2D eigenvalue weighted by Gasteiger charge is -2.25. The highest BCUT2D eigenvalue weighted by Crippen LogP contribution is 2.26. The van der Waals surface area contributed by atoms with E-state index in [9.17, 15) is 13.2 Å². The molecule has 6 heteroatoms. The maximum Gasteiger partial charge on any atom is 0.253 e. The molecule has 0 aliphatic heterocycles. The van der Waals surface area contributed by atoms with E-state index in [4.69, 9.17) is 0 Å². The third-order valence-corrected chi connectivity index (χ3v) is 6.57. The summed E-state index contributed by atoms with van der Waals surface area (Å²) in [6.45, 7) is 6.60. The largest absolute Gasteiger partial charge is 0.337 e. The van der Waals surface area contributed by atoms with Crippen molar-refractivity contribution in [2.24, 2.45) is 0 Å². The lowest BCUT2D eigenvalue weighted by Crippen LogP contribution is -2.30. The fourth-order valence-electron chi connectivity index (χ4n) is 3.55. The van der Waals surface area contributed by atoms with Crippen LogP contribution in [0.5, 0.6) is 0 Å². The lowest BCUT2D eigenvalue weighted by atomic mass is 10.1. The van der Waals surface area contributed by atoms with Crippen LogP contribution in [0.1, 0.15) is 38.2 Å². The molecule has 0 atom stereocenters. The number of carbonyl (C=O) groups excluding carboxylic acids is 1. The van der Waals surface area contributed by atoms with Crippen molar-refractivity contribution in [3.63, 3.8) is 0 Å². The summed E-state index contributed by atoms with van der Waals surface area (Å²) in [6.07, 6.45) is 1.21. The Bertz CT molecular complexity index is 1200. The van der Waals surface area contributed by atoms with Gasteiger partial charge in [-0.1, -0.05) is 54.1 Å². The topological polar surface area (TPSA) is 57.7 Å². The van der Waals surface area contributed by atoms with Gasteiger partial charge in [0.2, 0.25) is 10.0 Å². The SMILES string of the molecule is Cc1ccc(CN(C)C(=O)c2ccc(CN(c3cc(C)ccc3C)S(C)(=O)=O)cc2)cc1. The van der Waals surface area contributed by atoms with Crippen molar-refractivity contribution in [3.8, 4) is 0 Å². The predicted molar refractivity (Wildman–Crippen MR) is 130 cm³/mol. The van der Waals surface area contributed by atoms with E-state index in [0.717, 1.165) is 22.3 Å². The summed E-state index contributed by atoms with van der Waals surface area (Å²) >= 11 is 0. The van der Waals surface area contributed by atoms with Crippen LogP contribution in [0.15, 0.2) is 66.7 Å². The van der Waals surface area contributed by atoms with Gasteiger partial charge in [0.15, 0.2) is 0 Å². The highest BCUT2D eigenvalue weighted by atomic mass is 32.2. The first-order valence-electron chi connectivity index (χ1n) is 10.5. The Morgan fingerprint density at radius 1 is 0.781 bits per heavy atom. The van der Waals surface area contributed by atoms with E-state index < -0.39 is 10.0 Å². The minimum absolute atomic E-state index is 0.0772. The Morgan fingerprint density at radius 3 is 1.91 bits per heavy atom. The molecule has 0 aliphatic carbocycles. The Kier molecular flexibility index (Phi) is 7.04. The van der Waals surface area contributed by atoms with Gasteiger partial charge >= 0.3 is 0 Å². The molecule has 0 radical (unpaired) electrons. The number of hydrogen-bond acceptors (Lipinski definition) is 3. The zero-order valence-electron chi connectivity index (χ0n) is 19.3. The average molecular weight is 451 g/mol. The van der Waals surface area contributed by atoms with E-state index in [2.05, 4.69) is 0 Å². The number of benzene rings is 3. The Hall–Kier alpha value is -3.12. The molecule has 0 saturated heterocycles. The summed E-state index contributed by atoms with van der Waals surface area (Å²) in [7, 11) is -1.70. The lowest BCUT2D eigenvalue weighted by molar-refractivity contribution is 0.0785. The molecule has 32 heavy (non-hydrogen) atoms. The maximum atomic E-state index is 12.8. The third-order valence-electron chi connectivity index (χ3n) is 5.45. The molecule has 3 aromatic carbocycles. The molecule has 0 aliphatic rings. The molecular weight excluding hydrogens is 420 g/mol. The summed E-state index contributed by atoms with van der Waals surface area (Å²) in [5, 5.41) is 0. The Morgan fingerprint density at radius 2 is 1.31 bits per heavy atom. The van der Waals surface area contributed by atoms with Crippen LogP contribution in [-0.2, 0) is 23.1 Å². The van der Waals surface area contributed by atoms with Crippen LogP contribution in [0.3, 0.4) is 0 Å². The van der Waals surface area contributed by atoms with Crippen molar-refractivity contribution >= 4 is 21.6 Å². The first-order chi connectivity index (χ1) is 15.0. The van der Waals surface area contributed by atoms with E-state index >= 15 is 0 Å². The number of carbonyl (C=O) groups is 1. The molecule has 0 fully saturated rings. The van der Waals surface area contributed by atoms with E-state index in [1.807, 2.05) is 75.4 Å². The van der Waals surface area contributed by atoms with E-state index in [1.165, 1.54) is 16.1 Å². The van der Waals surface area contributed by atoms with Gasteiger partial charge in [-0.05, 0) is 61.2 Å². The quantitative estimate of drug-likeness (QED) is 0.517. The number of anilines is 1. The van der Waals surface area contributed by atoms with Gasteiger partial charge in [-0.3, -0.25) is 9.10 Å². The zero-order valence-corrected chi connectivity index (χ0v) is 20.1. The van der Waals surface area contributed by atoms with Crippen molar-refractivity contribution < 1.29 is 13.2 Å². The van der Waals surface area contributed by atoms with E-state index in [0.29, 0.717) is 17.8 Å². The van der Waals surface area contributed by atoms with Gasteiger partial charge in [0, 0.05) is 19.2 Å². The standard InChI is InChI=1S/C26H30N2O3S/c1-19-7-10-22(11-8-19)17-27(4)26(29)24-14-12-23(13-15-24)18-28(32(5,30)31)25-16-20(2)6-9-21(25)3/h6-16H,17-18H2,1-5H3. The second kappa shape index (κ2) is 9.57. The summed E-state index contributed by atoms with van der Waals surface area (Å²) in [5.41, 5.74) is 6.20. The maximum absolute atomic E-state index is 12.8. The zero-order chi connectivity index (χ0) is 23.5. The van der Waals surface area contributed by atoms with E-state index in [1.54, 1.807) is 24.1 Å². The molecule has 168 valence electrons. The van der Waals surface area contributed by atoms with Crippen LogP contribution in [-0.4, -0.2) is 32.5 Å². The molecular formula is C26H30N2O3S. The molecule has 0 heterocycles. The molecule has 0 saturated carbocycles. The predicted octanol–water partition coefficient (Wildman–Crippen LogP) is 4.85. The molecule has 3 rings (SSSR count). The third kappa shape index (κ3) is 5.77. The number of nitrogens with zero attached hydrogens (tertiary/aromatic N) is 2. The number of aryl methyl sites for hydroxylation is 3. The molecule has 0 bridgehead atoms. The Balaban J connectivity index is 1.76. The number of sulfonamides is 1. The van der Waals surface area contributed by atoms with Crippen molar-refractivity contribution in [3.05, 3.63) is 100 Å². The minimum atomic E-state index is -3.47. The molecule has 1 amide bonds. The second-order valence-electron chi connectivity index (χ2n) is 8.40. The van der Waals surface area contributed by atoms with Crippen LogP contribution in [0.2, 0.25) is 0 Å². The van der Waals surface area contributed by atoms with Gasteiger partial charge < -0.3 is 4.90 Å². The molecule has 0 spiro atoms. The second-order valence-corrected chi connectivity index (χ2v) is 10.3. The van der Waals surface area contributed by atoms with Gasteiger partial charge in [-0.2, -0.15) is 0 Å². The van der Waals surface area contributed by atoms with Gasteiger partial charge in [0.05, 0.1) is 18.5 Å². The van der Waals surface area contributed by atoms with Crippen molar-refractivity contribution in [2.75, 3.05) is 17.6 Å². The molecule has 0 unspecified atom stereocenters. The van der Waals surface area contributed by atoms with Crippen LogP contribution in [0.25, 0.3) is 0 Å². The first kappa shape index (κ1) is 23.5. The van der Waals surface area contributed by atoms with Crippen molar-refractivity contribution in [1.82, 2.24) is 4.90 Å². The summed E-state index contributed by atoms with van der Waals surface area (Å²) in [6, 6.07) is 21.0. The summed E-state index contributed by atoms with van der Waals surface area (Å²) < 4.78 is 26.5.